The van der Waals surface area contributed by atoms with Gasteiger partial charge in [0, 0.05) is 21.1 Å². The molecular formula is C16H20BrNO. The molecule has 3 rings (SSSR count). The van der Waals surface area contributed by atoms with Gasteiger partial charge in [0.1, 0.15) is 0 Å². The van der Waals surface area contributed by atoms with E-state index in [4.69, 9.17) is 0 Å². The number of aromatic nitrogens is 1. The predicted octanol–water partition coefficient (Wildman–Crippen LogP) is 4.33. The van der Waals surface area contributed by atoms with Crippen LogP contribution in [0.15, 0.2) is 22.7 Å². The highest BCUT2D eigenvalue weighted by Gasteiger charge is 2.24. The topological polar surface area (TPSA) is 36.0 Å². The third kappa shape index (κ3) is 2.59. The van der Waals surface area contributed by atoms with Crippen LogP contribution in [0.3, 0.4) is 0 Å². The van der Waals surface area contributed by atoms with Crippen molar-refractivity contribution >= 4 is 26.8 Å². The minimum absolute atomic E-state index is 0.120. The molecule has 1 aliphatic carbocycles. The summed E-state index contributed by atoms with van der Waals surface area (Å²) in [6, 6.07) is 6.37. The zero-order chi connectivity index (χ0) is 13.4. The summed E-state index contributed by atoms with van der Waals surface area (Å²) in [4.78, 5) is 3.46. The molecule has 1 aliphatic rings. The maximum absolute atomic E-state index is 10.2. The molecule has 102 valence electrons. The minimum Gasteiger partial charge on any atom is -0.393 e. The van der Waals surface area contributed by atoms with Crippen LogP contribution in [0.2, 0.25) is 0 Å². The number of hydrogen-bond acceptors (Lipinski definition) is 1. The average Bonchev–Trinajstić information content (AvgIpc) is 2.69. The fraction of sp³-hybridized carbons (Fsp3) is 0.500. The van der Waals surface area contributed by atoms with Crippen molar-refractivity contribution in [2.75, 3.05) is 0 Å². The number of aromatic amines is 1. The van der Waals surface area contributed by atoms with Gasteiger partial charge in [-0.3, -0.25) is 0 Å². The molecule has 0 radical (unpaired) electrons. The van der Waals surface area contributed by atoms with Gasteiger partial charge in [0.2, 0.25) is 0 Å². The second-order valence-electron chi connectivity index (χ2n) is 5.73. The van der Waals surface area contributed by atoms with Crippen molar-refractivity contribution in [1.29, 1.82) is 0 Å². The highest BCUT2D eigenvalue weighted by molar-refractivity contribution is 9.10. The van der Waals surface area contributed by atoms with Gasteiger partial charge in [-0.1, -0.05) is 28.8 Å². The van der Waals surface area contributed by atoms with Crippen molar-refractivity contribution in [3.8, 4) is 0 Å². The number of aryl methyl sites for hydroxylation is 1. The third-order valence-electron chi connectivity index (χ3n) is 4.42. The lowest BCUT2D eigenvalue weighted by Crippen LogP contribution is -2.26. The summed E-state index contributed by atoms with van der Waals surface area (Å²) in [7, 11) is 0. The molecule has 0 amide bonds. The van der Waals surface area contributed by atoms with Gasteiger partial charge >= 0.3 is 0 Å². The average molecular weight is 322 g/mol. The molecule has 0 bridgehead atoms. The van der Waals surface area contributed by atoms with Crippen LogP contribution < -0.4 is 0 Å². The van der Waals surface area contributed by atoms with Crippen LogP contribution in [0.25, 0.3) is 10.9 Å². The summed E-state index contributed by atoms with van der Waals surface area (Å²) in [5.74, 6) is 0.422. The van der Waals surface area contributed by atoms with Gasteiger partial charge in [-0.15, -0.1) is 0 Å². The SMILES string of the molecule is Cc1[nH]c2ccc(Br)cc2c1CC1CCCCC1O. The molecule has 2 nitrogen and oxygen atoms in total. The Labute approximate surface area is 122 Å². The van der Waals surface area contributed by atoms with Crippen LogP contribution in [0.1, 0.15) is 36.9 Å². The normalized spacial score (nSPS) is 23.9. The smallest absolute Gasteiger partial charge is 0.0571 e. The van der Waals surface area contributed by atoms with Gasteiger partial charge in [-0.25, -0.2) is 0 Å². The van der Waals surface area contributed by atoms with E-state index in [0.717, 1.165) is 23.7 Å². The molecule has 1 fully saturated rings. The van der Waals surface area contributed by atoms with Crippen molar-refractivity contribution in [1.82, 2.24) is 4.98 Å². The molecule has 0 aliphatic heterocycles. The predicted molar refractivity (Wildman–Crippen MR) is 82.4 cm³/mol. The standard InChI is InChI=1S/C16H20BrNO/c1-10-13(8-11-4-2-3-5-16(11)19)14-9-12(17)6-7-15(14)18-10/h6-7,9,11,16,18-19H,2-5,8H2,1H3. The van der Waals surface area contributed by atoms with Gasteiger partial charge in [-0.05, 0) is 55.9 Å². The molecule has 1 saturated carbocycles. The number of benzene rings is 1. The molecular weight excluding hydrogens is 302 g/mol. The van der Waals surface area contributed by atoms with E-state index < -0.39 is 0 Å². The largest absolute Gasteiger partial charge is 0.393 e. The maximum Gasteiger partial charge on any atom is 0.0571 e. The lowest BCUT2D eigenvalue weighted by atomic mass is 9.82. The van der Waals surface area contributed by atoms with E-state index in [0.29, 0.717) is 5.92 Å². The third-order valence-corrected chi connectivity index (χ3v) is 4.91. The summed E-state index contributed by atoms with van der Waals surface area (Å²) in [6.07, 6.45) is 5.42. The van der Waals surface area contributed by atoms with Crippen LogP contribution in [-0.4, -0.2) is 16.2 Å². The van der Waals surface area contributed by atoms with E-state index in [-0.39, 0.29) is 6.10 Å². The van der Waals surface area contributed by atoms with E-state index in [9.17, 15) is 5.11 Å². The Hall–Kier alpha value is -0.800. The molecule has 0 spiro atoms. The van der Waals surface area contributed by atoms with E-state index in [1.165, 1.54) is 35.0 Å². The number of H-pyrrole nitrogens is 1. The van der Waals surface area contributed by atoms with Gasteiger partial charge < -0.3 is 10.1 Å². The van der Waals surface area contributed by atoms with Gasteiger partial charge in [0.25, 0.3) is 0 Å². The van der Waals surface area contributed by atoms with Gasteiger partial charge in [0.05, 0.1) is 6.10 Å². The van der Waals surface area contributed by atoms with Crippen molar-refractivity contribution in [3.05, 3.63) is 33.9 Å². The minimum atomic E-state index is -0.120. The molecule has 0 saturated heterocycles. The van der Waals surface area contributed by atoms with Crippen LogP contribution >= 0.6 is 15.9 Å². The number of fused-ring (bicyclic) bond motifs is 1. The molecule has 1 aromatic carbocycles. The number of nitrogens with one attached hydrogen (secondary N) is 1. The first-order chi connectivity index (χ1) is 9.15. The van der Waals surface area contributed by atoms with Crippen LogP contribution in [0, 0.1) is 12.8 Å². The van der Waals surface area contributed by atoms with Crippen molar-refractivity contribution in [2.24, 2.45) is 5.92 Å². The molecule has 2 unspecified atom stereocenters. The Balaban J connectivity index is 1.95. The first kappa shape index (κ1) is 13.2. The number of hydrogen-bond donors (Lipinski definition) is 2. The molecule has 2 atom stereocenters. The summed E-state index contributed by atoms with van der Waals surface area (Å²) in [5.41, 5.74) is 3.81. The Morgan fingerprint density at radius 3 is 2.89 bits per heavy atom. The molecule has 2 aromatic rings. The number of aliphatic hydroxyl groups is 1. The number of halogens is 1. The van der Waals surface area contributed by atoms with Crippen LogP contribution in [-0.2, 0) is 6.42 Å². The van der Waals surface area contributed by atoms with Crippen LogP contribution in [0.4, 0.5) is 0 Å². The lowest BCUT2D eigenvalue weighted by molar-refractivity contribution is 0.0701. The molecule has 19 heavy (non-hydrogen) atoms. The Morgan fingerprint density at radius 2 is 2.11 bits per heavy atom. The highest BCUT2D eigenvalue weighted by atomic mass is 79.9. The van der Waals surface area contributed by atoms with Gasteiger partial charge in [0.15, 0.2) is 0 Å². The van der Waals surface area contributed by atoms with E-state index >= 15 is 0 Å². The Bertz CT molecular complexity index is 590. The van der Waals surface area contributed by atoms with Crippen LogP contribution in [0.5, 0.6) is 0 Å². The van der Waals surface area contributed by atoms with E-state index in [1.807, 2.05) is 0 Å². The lowest BCUT2D eigenvalue weighted by Gasteiger charge is -2.27. The fourth-order valence-electron chi connectivity index (χ4n) is 3.31. The molecule has 1 aromatic heterocycles. The first-order valence-corrected chi connectivity index (χ1v) is 7.89. The van der Waals surface area contributed by atoms with Crippen molar-refractivity contribution in [3.63, 3.8) is 0 Å². The summed E-state index contributed by atoms with van der Waals surface area (Å²) < 4.78 is 1.12. The zero-order valence-electron chi connectivity index (χ0n) is 11.2. The molecule has 2 N–H and O–H groups in total. The Morgan fingerprint density at radius 1 is 1.32 bits per heavy atom. The maximum atomic E-state index is 10.2. The quantitative estimate of drug-likeness (QED) is 0.848. The highest BCUT2D eigenvalue weighted by Crippen LogP contribution is 2.32. The Kier molecular flexibility index (Phi) is 3.68. The first-order valence-electron chi connectivity index (χ1n) is 7.10. The summed E-state index contributed by atoms with van der Waals surface area (Å²) in [6.45, 7) is 2.14. The van der Waals surface area contributed by atoms with E-state index in [1.54, 1.807) is 0 Å². The second-order valence-corrected chi connectivity index (χ2v) is 6.65. The van der Waals surface area contributed by atoms with Crippen molar-refractivity contribution < 1.29 is 5.11 Å². The van der Waals surface area contributed by atoms with E-state index in [2.05, 4.69) is 46.0 Å². The zero-order valence-corrected chi connectivity index (χ0v) is 12.8. The molecule has 3 heteroatoms. The molecule has 1 heterocycles. The second kappa shape index (κ2) is 5.29. The number of aliphatic hydroxyl groups excluding tert-OH is 1. The summed E-state index contributed by atoms with van der Waals surface area (Å²) in [5, 5.41) is 11.5. The monoisotopic (exact) mass is 321 g/mol. The van der Waals surface area contributed by atoms with Gasteiger partial charge in [-0.2, -0.15) is 0 Å². The summed E-state index contributed by atoms with van der Waals surface area (Å²) >= 11 is 3.55. The fourth-order valence-corrected chi connectivity index (χ4v) is 3.67. The van der Waals surface area contributed by atoms with Crippen molar-refractivity contribution in [2.45, 2.75) is 45.1 Å². The number of rotatable bonds is 2.